The Morgan fingerprint density at radius 1 is 1.79 bits per heavy atom. The summed E-state index contributed by atoms with van der Waals surface area (Å²) in [5, 5.41) is 0. The molecule has 1 rings (SSSR count). The zero-order valence-electron chi connectivity index (χ0n) is 8.73. The smallest absolute Gasteiger partial charge is 0.319 e. The second-order valence-corrected chi connectivity index (χ2v) is 3.58. The van der Waals surface area contributed by atoms with Crippen LogP contribution in [0.25, 0.3) is 0 Å². The van der Waals surface area contributed by atoms with Crippen molar-refractivity contribution in [3.8, 4) is 0 Å². The Morgan fingerprint density at radius 2 is 2.50 bits per heavy atom. The number of esters is 1. The molecule has 1 fully saturated rings. The van der Waals surface area contributed by atoms with Crippen molar-refractivity contribution in [1.82, 2.24) is 4.90 Å². The van der Waals surface area contributed by atoms with Gasteiger partial charge in [0, 0.05) is 19.1 Å². The maximum atomic E-state index is 11.0. The lowest BCUT2D eigenvalue weighted by atomic mass is 10.1. The molecule has 5 heteroatoms. The summed E-state index contributed by atoms with van der Waals surface area (Å²) in [5.41, 5.74) is 5.72. The number of morpholine rings is 1. The molecule has 0 bridgehead atoms. The summed E-state index contributed by atoms with van der Waals surface area (Å²) in [6.07, 6.45) is 0.0217. The molecule has 1 saturated heterocycles. The van der Waals surface area contributed by atoms with Crippen molar-refractivity contribution in [3.63, 3.8) is 0 Å². The lowest BCUT2D eigenvalue weighted by Gasteiger charge is -2.33. The van der Waals surface area contributed by atoms with E-state index in [1.165, 1.54) is 7.11 Å². The minimum Gasteiger partial charge on any atom is -0.468 e. The number of carbonyl (C=O) groups excluding carboxylic acids is 1. The van der Waals surface area contributed by atoms with Crippen molar-refractivity contribution in [1.29, 1.82) is 0 Å². The quantitative estimate of drug-likeness (QED) is 0.607. The van der Waals surface area contributed by atoms with Crippen molar-refractivity contribution < 1.29 is 14.3 Å². The van der Waals surface area contributed by atoms with Crippen LogP contribution in [-0.4, -0.2) is 56.4 Å². The van der Waals surface area contributed by atoms with E-state index in [2.05, 4.69) is 4.74 Å². The van der Waals surface area contributed by atoms with Crippen LogP contribution in [0.1, 0.15) is 6.92 Å². The van der Waals surface area contributed by atoms with Gasteiger partial charge in [-0.2, -0.15) is 0 Å². The minimum absolute atomic E-state index is 0.00422. The van der Waals surface area contributed by atoms with Crippen LogP contribution in [0.3, 0.4) is 0 Å². The fourth-order valence-electron chi connectivity index (χ4n) is 1.44. The monoisotopic (exact) mass is 202 g/mol. The molecule has 2 atom stereocenters. The van der Waals surface area contributed by atoms with Crippen molar-refractivity contribution in [2.24, 2.45) is 5.73 Å². The molecule has 0 aromatic rings. The largest absolute Gasteiger partial charge is 0.468 e. The summed E-state index contributed by atoms with van der Waals surface area (Å²) < 4.78 is 10.1. The zero-order chi connectivity index (χ0) is 10.6. The third kappa shape index (κ3) is 3.25. The molecule has 82 valence electrons. The molecule has 2 unspecified atom stereocenters. The van der Waals surface area contributed by atoms with Gasteiger partial charge in [-0.15, -0.1) is 0 Å². The Bertz CT molecular complexity index is 196. The molecule has 0 amide bonds. The zero-order valence-corrected chi connectivity index (χ0v) is 8.73. The Morgan fingerprint density at radius 3 is 3.07 bits per heavy atom. The summed E-state index contributed by atoms with van der Waals surface area (Å²) in [6, 6.07) is -0.00422. The first-order valence-corrected chi connectivity index (χ1v) is 4.80. The van der Waals surface area contributed by atoms with Gasteiger partial charge in [-0.25, -0.2) is 0 Å². The Balaban J connectivity index is 2.36. The van der Waals surface area contributed by atoms with Gasteiger partial charge < -0.3 is 15.2 Å². The highest BCUT2D eigenvalue weighted by atomic mass is 16.5. The van der Waals surface area contributed by atoms with Crippen molar-refractivity contribution >= 4 is 5.97 Å². The predicted molar refractivity (Wildman–Crippen MR) is 51.8 cm³/mol. The number of hydrogen-bond donors (Lipinski definition) is 1. The number of ether oxygens (including phenoxy) is 2. The predicted octanol–water partition coefficient (Wildman–Crippen LogP) is -0.793. The van der Waals surface area contributed by atoms with Crippen molar-refractivity contribution in [2.45, 2.75) is 19.1 Å². The number of hydrogen-bond acceptors (Lipinski definition) is 5. The molecular formula is C9H18N2O3. The number of nitrogens with two attached hydrogens (primary N) is 1. The van der Waals surface area contributed by atoms with E-state index < -0.39 is 0 Å². The topological polar surface area (TPSA) is 64.8 Å². The van der Waals surface area contributed by atoms with Gasteiger partial charge in [0.25, 0.3) is 0 Å². The van der Waals surface area contributed by atoms with Crippen LogP contribution in [0.5, 0.6) is 0 Å². The lowest BCUT2D eigenvalue weighted by molar-refractivity contribution is -0.144. The highest BCUT2D eigenvalue weighted by Gasteiger charge is 2.24. The fourth-order valence-corrected chi connectivity index (χ4v) is 1.44. The van der Waals surface area contributed by atoms with Gasteiger partial charge in [0.05, 0.1) is 26.4 Å². The number of nitrogens with zero attached hydrogens (tertiary/aromatic N) is 1. The molecule has 0 aromatic carbocycles. The summed E-state index contributed by atoms with van der Waals surface area (Å²) in [5.74, 6) is -0.213. The molecule has 0 saturated carbocycles. The maximum absolute atomic E-state index is 11.0. The van der Waals surface area contributed by atoms with E-state index in [0.29, 0.717) is 19.7 Å². The van der Waals surface area contributed by atoms with E-state index >= 15 is 0 Å². The van der Waals surface area contributed by atoms with Gasteiger partial charge >= 0.3 is 5.97 Å². The number of methoxy groups -OCH3 is 1. The van der Waals surface area contributed by atoms with Crippen molar-refractivity contribution in [3.05, 3.63) is 0 Å². The molecule has 1 heterocycles. The van der Waals surface area contributed by atoms with Gasteiger partial charge in [0.2, 0.25) is 0 Å². The van der Waals surface area contributed by atoms with E-state index in [4.69, 9.17) is 10.5 Å². The summed E-state index contributed by atoms with van der Waals surface area (Å²) in [7, 11) is 1.39. The molecule has 1 aliphatic heterocycles. The molecule has 5 nitrogen and oxygen atoms in total. The summed E-state index contributed by atoms with van der Waals surface area (Å²) in [4.78, 5) is 13.0. The number of rotatable bonds is 3. The molecule has 0 aliphatic carbocycles. The normalized spacial score (nSPS) is 25.8. The second-order valence-electron chi connectivity index (χ2n) is 3.58. The molecular weight excluding hydrogens is 184 g/mol. The third-order valence-electron chi connectivity index (χ3n) is 2.34. The Kier molecular flexibility index (Phi) is 4.31. The van der Waals surface area contributed by atoms with Crippen LogP contribution in [0, 0.1) is 0 Å². The van der Waals surface area contributed by atoms with Crippen LogP contribution < -0.4 is 5.73 Å². The molecule has 2 N–H and O–H groups in total. The van der Waals surface area contributed by atoms with E-state index in [1.807, 2.05) is 11.8 Å². The summed E-state index contributed by atoms with van der Waals surface area (Å²) >= 11 is 0. The maximum Gasteiger partial charge on any atom is 0.319 e. The van der Waals surface area contributed by atoms with Crippen LogP contribution >= 0.6 is 0 Å². The van der Waals surface area contributed by atoms with E-state index in [-0.39, 0.29) is 18.1 Å². The van der Waals surface area contributed by atoms with E-state index in [1.54, 1.807) is 0 Å². The van der Waals surface area contributed by atoms with Gasteiger partial charge in [0.1, 0.15) is 0 Å². The lowest BCUT2D eigenvalue weighted by Crippen LogP contribution is -2.50. The average Bonchev–Trinajstić information content (AvgIpc) is 2.18. The Hall–Kier alpha value is -0.650. The van der Waals surface area contributed by atoms with Crippen LogP contribution in [-0.2, 0) is 14.3 Å². The summed E-state index contributed by atoms with van der Waals surface area (Å²) in [6.45, 7) is 4.32. The van der Waals surface area contributed by atoms with Crippen molar-refractivity contribution in [2.75, 3.05) is 33.4 Å². The average molecular weight is 202 g/mol. The first-order valence-electron chi connectivity index (χ1n) is 4.80. The molecule has 0 spiro atoms. The van der Waals surface area contributed by atoms with Crippen LogP contribution in [0.15, 0.2) is 0 Å². The van der Waals surface area contributed by atoms with E-state index in [9.17, 15) is 4.79 Å². The Labute approximate surface area is 84.1 Å². The first-order chi connectivity index (χ1) is 6.63. The van der Waals surface area contributed by atoms with Gasteiger partial charge in [0.15, 0.2) is 0 Å². The molecule has 0 radical (unpaired) electrons. The first kappa shape index (κ1) is 11.4. The van der Waals surface area contributed by atoms with Gasteiger partial charge in [-0.05, 0) is 6.92 Å². The fraction of sp³-hybridized carbons (Fsp3) is 0.889. The molecule has 1 aliphatic rings. The SMILES string of the molecule is COC(=O)CN1CCOC(C(C)N)C1. The third-order valence-corrected chi connectivity index (χ3v) is 2.34. The standard InChI is InChI=1S/C9H18N2O3/c1-7(10)8-5-11(3-4-14-8)6-9(12)13-2/h7-8H,3-6,10H2,1-2H3. The highest BCUT2D eigenvalue weighted by molar-refractivity contribution is 5.71. The van der Waals surface area contributed by atoms with Gasteiger partial charge in [-0.1, -0.05) is 0 Å². The second kappa shape index (κ2) is 5.29. The van der Waals surface area contributed by atoms with E-state index in [0.717, 1.165) is 6.54 Å². The molecule has 0 aromatic heterocycles. The minimum atomic E-state index is -0.213. The highest BCUT2D eigenvalue weighted by Crippen LogP contribution is 2.07. The van der Waals surface area contributed by atoms with Crippen LogP contribution in [0.2, 0.25) is 0 Å². The van der Waals surface area contributed by atoms with Crippen LogP contribution in [0.4, 0.5) is 0 Å². The van der Waals surface area contributed by atoms with Gasteiger partial charge in [-0.3, -0.25) is 9.69 Å². The number of carbonyl (C=O) groups is 1. The molecule has 14 heavy (non-hydrogen) atoms.